The standard InChI is InChI=1S/C18H22ClN5O3/c19-15-10-20-11-18(23-15)27-13-1-5-24(6-2-13)16-9-17(22-12-21-16)26-14-3-7-25-8-4-14/h9-14H,1-8H2. The van der Waals surface area contributed by atoms with Gasteiger partial charge in [0.2, 0.25) is 11.8 Å². The summed E-state index contributed by atoms with van der Waals surface area (Å²) in [5, 5.41) is 0.336. The predicted molar refractivity (Wildman–Crippen MR) is 99.4 cm³/mol. The van der Waals surface area contributed by atoms with Crippen molar-refractivity contribution in [1.29, 1.82) is 0 Å². The number of aromatic nitrogens is 4. The molecule has 2 aromatic rings. The molecule has 0 unspecified atom stereocenters. The number of anilines is 1. The quantitative estimate of drug-likeness (QED) is 0.768. The first-order valence-electron chi connectivity index (χ1n) is 9.22. The van der Waals surface area contributed by atoms with Crippen LogP contribution in [0.5, 0.6) is 11.8 Å². The monoisotopic (exact) mass is 391 g/mol. The minimum absolute atomic E-state index is 0.0915. The van der Waals surface area contributed by atoms with Gasteiger partial charge in [-0.25, -0.2) is 9.97 Å². The van der Waals surface area contributed by atoms with Gasteiger partial charge in [0.15, 0.2) is 5.15 Å². The largest absolute Gasteiger partial charge is 0.474 e. The highest BCUT2D eigenvalue weighted by Gasteiger charge is 2.23. The Morgan fingerprint density at radius 2 is 1.70 bits per heavy atom. The van der Waals surface area contributed by atoms with Gasteiger partial charge in [-0.1, -0.05) is 11.6 Å². The van der Waals surface area contributed by atoms with Gasteiger partial charge in [-0.2, -0.15) is 4.98 Å². The van der Waals surface area contributed by atoms with E-state index in [0.717, 1.165) is 57.8 Å². The van der Waals surface area contributed by atoms with Gasteiger partial charge in [-0.05, 0) is 0 Å². The second-order valence-electron chi connectivity index (χ2n) is 6.63. The van der Waals surface area contributed by atoms with Crippen molar-refractivity contribution in [1.82, 2.24) is 19.9 Å². The van der Waals surface area contributed by atoms with E-state index in [-0.39, 0.29) is 12.2 Å². The number of piperidine rings is 1. The average Bonchev–Trinajstić information content (AvgIpc) is 2.70. The summed E-state index contributed by atoms with van der Waals surface area (Å²) >= 11 is 5.86. The number of ether oxygens (including phenoxy) is 3. The molecule has 2 aromatic heterocycles. The van der Waals surface area contributed by atoms with E-state index in [9.17, 15) is 0 Å². The van der Waals surface area contributed by atoms with Crippen LogP contribution in [-0.2, 0) is 4.74 Å². The fourth-order valence-electron chi connectivity index (χ4n) is 3.29. The Labute approximate surface area is 162 Å². The summed E-state index contributed by atoms with van der Waals surface area (Å²) in [6, 6.07) is 1.92. The highest BCUT2D eigenvalue weighted by Crippen LogP contribution is 2.24. The van der Waals surface area contributed by atoms with Crippen LogP contribution >= 0.6 is 11.6 Å². The van der Waals surface area contributed by atoms with Crippen LogP contribution in [0.3, 0.4) is 0 Å². The third-order valence-corrected chi connectivity index (χ3v) is 4.90. The summed E-state index contributed by atoms with van der Waals surface area (Å²) < 4.78 is 17.2. The number of hydrogen-bond donors (Lipinski definition) is 0. The Balaban J connectivity index is 1.32. The zero-order valence-corrected chi connectivity index (χ0v) is 15.7. The molecule has 144 valence electrons. The van der Waals surface area contributed by atoms with Gasteiger partial charge in [0.05, 0.1) is 25.6 Å². The maximum atomic E-state index is 5.99. The molecule has 4 heterocycles. The summed E-state index contributed by atoms with van der Waals surface area (Å²) in [4.78, 5) is 19.0. The second kappa shape index (κ2) is 8.67. The molecule has 2 aliphatic rings. The van der Waals surface area contributed by atoms with Crippen molar-refractivity contribution in [3.05, 3.63) is 29.9 Å². The van der Waals surface area contributed by atoms with Gasteiger partial charge in [0, 0.05) is 44.8 Å². The molecule has 0 bridgehead atoms. The van der Waals surface area contributed by atoms with Crippen LogP contribution in [0, 0.1) is 0 Å². The Hall–Kier alpha value is -2.19. The van der Waals surface area contributed by atoms with Crippen LogP contribution in [0.15, 0.2) is 24.8 Å². The topological polar surface area (TPSA) is 82.5 Å². The first kappa shape index (κ1) is 18.2. The maximum absolute atomic E-state index is 5.99. The minimum Gasteiger partial charge on any atom is -0.474 e. The minimum atomic E-state index is 0.0915. The zero-order chi connectivity index (χ0) is 18.5. The highest BCUT2D eigenvalue weighted by molar-refractivity contribution is 6.29. The van der Waals surface area contributed by atoms with E-state index < -0.39 is 0 Å². The fourth-order valence-corrected chi connectivity index (χ4v) is 3.43. The van der Waals surface area contributed by atoms with Crippen molar-refractivity contribution < 1.29 is 14.2 Å². The molecule has 0 aliphatic carbocycles. The van der Waals surface area contributed by atoms with Crippen molar-refractivity contribution in [2.75, 3.05) is 31.2 Å². The van der Waals surface area contributed by atoms with E-state index in [0.29, 0.717) is 16.9 Å². The molecule has 0 N–H and O–H groups in total. The number of hydrogen-bond acceptors (Lipinski definition) is 8. The highest BCUT2D eigenvalue weighted by atomic mass is 35.5. The van der Waals surface area contributed by atoms with Crippen LogP contribution in [-0.4, -0.2) is 58.4 Å². The number of halogens is 1. The summed E-state index contributed by atoms with van der Waals surface area (Å²) in [6.07, 6.45) is 8.43. The molecule has 8 nitrogen and oxygen atoms in total. The van der Waals surface area contributed by atoms with Gasteiger partial charge in [-0.3, -0.25) is 4.98 Å². The normalized spacial score (nSPS) is 19.1. The molecule has 27 heavy (non-hydrogen) atoms. The summed E-state index contributed by atoms with van der Waals surface area (Å²) in [5.41, 5.74) is 0. The third kappa shape index (κ3) is 4.95. The van der Waals surface area contributed by atoms with E-state index in [1.807, 2.05) is 6.07 Å². The molecule has 2 aliphatic heterocycles. The lowest BCUT2D eigenvalue weighted by Gasteiger charge is -2.32. The average molecular weight is 392 g/mol. The first-order chi connectivity index (χ1) is 13.3. The van der Waals surface area contributed by atoms with Crippen molar-refractivity contribution >= 4 is 17.4 Å². The molecule has 2 saturated heterocycles. The van der Waals surface area contributed by atoms with E-state index in [2.05, 4.69) is 24.8 Å². The SMILES string of the molecule is Clc1cncc(OC2CCN(c3cc(OC4CCOCC4)ncn3)CC2)n1. The molecular weight excluding hydrogens is 370 g/mol. The van der Waals surface area contributed by atoms with Crippen molar-refractivity contribution in [2.24, 2.45) is 0 Å². The van der Waals surface area contributed by atoms with Crippen molar-refractivity contribution in [2.45, 2.75) is 37.9 Å². The second-order valence-corrected chi connectivity index (χ2v) is 7.02. The van der Waals surface area contributed by atoms with E-state index in [4.69, 9.17) is 25.8 Å². The van der Waals surface area contributed by atoms with Crippen LogP contribution in [0.1, 0.15) is 25.7 Å². The summed E-state index contributed by atoms with van der Waals surface area (Å²) in [5.74, 6) is 1.97. The Kier molecular flexibility index (Phi) is 5.84. The van der Waals surface area contributed by atoms with Gasteiger partial charge in [0.25, 0.3) is 0 Å². The lowest BCUT2D eigenvalue weighted by atomic mass is 10.1. The summed E-state index contributed by atoms with van der Waals surface area (Å²) in [7, 11) is 0. The van der Waals surface area contributed by atoms with Gasteiger partial charge < -0.3 is 19.1 Å². The van der Waals surface area contributed by atoms with E-state index >= 15 is 0 Å². The zero-order valence-electron chi connectivity index (χ0n) is 15.0. The van der Waals surface area contributed by atoms with Gasteiger partial charge in [0.1, 0.15) is 24.4 Å². The Morgan fingerprint density at radius 3 is 2.48 bits per heavy atom. The predicted octanol–water partition coefficient (Wildman–Crippen LogP) is 2.53. The molecule has 9 heteroatoms. The molecule has 0 aromatic carbocycles. The van der Waals surface area contributed by atoms with Gasteiger partial charge in [-0.15, -0.1) is 0 Å². The Morgan fingerprint density at radius 1 is 0.963 bits per heavy atom. The molecule has 0 atom stereocenters. The van der Waals surface area contributed by atoms with Crippen molar-refractivity contribution in [3.8, 4) is 11.8 Å². The van der Waals surface area contributed by atoms with Crippen LogP contribution < -0.4 is 14.4 Å². The lowest BCUT2D eigenvalue weighted by Crippen LogP contribution is -2.38. The van der Waals surface area contributed by atoms with E-state index in [1.165, 1.54) is 6.20 Å². The molecule has 2 fully saturated rings. The number of nitrogens with zero attached hydrogens (tertiary/aromatic N) is 5. The molecule has 0 radical (unpaired) electrons. The van der Waals surface area contributed by atoms with Crippen LogP contribution in [0.25, 0.3) is 0 Å². The fraction of sp³-hybridized carbons (Fsp3) is 0.556. The Bertz CT molecular complexity index is 751. The van der Waals surface area contributed by atoms with Crippen molar-refractivity contribution in [3.63, 3.8) is 0 Å². The van der Waals surface area contributed by atoms with E-state index in [1.54, 1.807) is 12.5 Å². The van der Waals surface area contributed by atoms with Crippen LogP contribution in [0.4, 0.5) is 5.82 Å². The van der Waals surface area contributed by atoms with Gasteiger partial charge >= 0.3 is 0 Å². The smallest absolute Gasteiger partial charge is 0.234 e. The molecule has 0 saturated carbocycles. The van der Waals surface area contributed by atoms with Crippen LogP contribution in [0.2, 0.25) is 5.15 Å². The first-order valence-corrected chi connectivity index (χ1v) is 9.59. The molecule has 0 spiro atoms. The molecular formula is C18H22ClN5O3. The maximum Gasteiger partial charge on any atom is 0.234 e. The molecule has 4 rings (SSSR count). The molecule has 0 amide bonds. The third-order valence-electron chi connectivity index (χ3n) is 4.72. The summed E-state index contributed by atoms with van der Waals surface area (Å²) in [6.45, 7) is 3.17. The number of rotatable bonds is 5. The lowest BCUT2D eigenvalue weighted by molar-refractivity contribution is 0.0237.